The predicted octanol–water partition coefficient (Wildman–Crippen LogP) is 5.61. The van der Waals surface area contributed by atoms with Gasteiger partial charge in [0.2, 0.25) is 0 Å². The quantitative estimate of drug-likeness (QED) is 0.360. The van der Waals surface area contributed by atoms with E-state index < -0.39 is 10.8 Å². The zero-order chi connectivity index (χ0) is 20.4. The van der Waals surface area contributed by atoms with Crippen LogP contribution in [0.15, 0.2) is 51.9 Å². The first-order valence-corrected chi connectivity index (χ1v) is 10.3. The maximum atomic E-state index is 12.7. The zero-order valence-electron chi connectivity index (χ0n) is 15.0. The number of thiazole rings is 1. The highest BCUT2D eigenvalue weighted by Crippen LogP contribution is 2.27. The first-order valence-electron chi connectivity index (χ1n) is 8.31. The van der Waals surface area contributed by atoms with Crippen LogP contribution in [0.5, 0.6) is 0 Å². The van der Waals surface area contributed by atoms with E-state index in [-0.39, 0.29) is 16.3 Å². The van der Waals surface area contributed by atoms with Crippen LogP contribution < -0.4 is 4.80 Å². The lowest BCUT2D eigenvalue weighted by atomic mass is 10.1. The van der Waals surface area contributed by atoms with Crippen LogP contribution in [0.25, 0.3) is 11.3 Å². The molecule has 0 saturated carbocycles. The molecule has 0 aliphatic carbocycles. The summed E-state index contributed by atoms with van der Waals surface area (Å²) in [5, 5.41) is 10.8. The van der Waals surface area contributed by atoms with Gasteiger partial charge in [-0.15, -0.1) is 11.3 Å². The van der Waals surface area contributed by atoms with Crippen molar-refractivity contribution in [1.82, 2.24) is 4.57 Å². The summed E-state index contributed by atoms with van der Waals surface area (Å²) < 4.78 is 2.96. The third kappa shape index (κ3) is 4.09. The smallest absolute Gasteiger partial charge is 0.281 e. The molecule has 0 saturated heterocycles. The molecule has 0 aliphatic heterocycles. The molecule has 2 aromatic carbocycles. The zero-order valence-corrected chi connectivity index (χ0v) is 18.1. The first kappa shape index (κ1) is 20.4. The van der Waals surface area contributed by atoms with Gasteiger partial charge in [0, 0.05) is 28.0 Å². The average Bonchev–Trinajstić information content (AvgIpc) is 2.96. The Bertz CT molecular complexity index is 1140. The van der Waals surface area contributed by atoms with Crippen molar-refractivity contribution in [2.24, 2.45) is 4.99 Å². The molecule has 144 valence electrons. The summed E-state index contributed by atoms with van der Waals surface area (Å²) in [7, 11) is 0. The Morgan fingerprint density at radius 1 is 1.29 bits per heavy atom. The van der Waals surface area contributed by atoms with E-state index in [1.807, 2.05) is 42.7 Å². The van der Waals surface area contributed by atoms with E-state index in [0.717, 1.165) is 26.7 Å². The second kappa shape index (κ2) is 8.38. The molecule has 0 bridgehead atoms. The van der Waals surface area contributed by atoms with Gasteiger partial charge in [-0.1, -0.05) is 39.7 Å². The third-order valence-electron chi connectivity index (χ3n) is 4.10. The van der Waals surface area contributed by atoms with E-state index in [0.29, 0.717) is 11.3 Å². The minimum absolute atomic E-state index is 0.00686. The van der Waals surface area contributed by atoms with E-state index in [9.17, 15) is 14.9 Å². The van der Waals surface area contributed by atoms with Crippen LogP contribution in [0.4, 0.5) is 5.69 Å². The van der Waals surface area contributed by atoms with E-state index in [1.165, 1.54) is 23.5 Å². The molecule has 28 heavy (non-hydrogen) atoms. The van der Waals surface area contributed by atoms with Gasteiger partial charge in [-0.3, -0.25) is 14.9 Å². The van der Waals surface area contributed by atoms with Crippen molar-refractivity contribution in [2.45, 2.75) is 20.4 Å². The minimum Gasteiger partial charge on any atom is -0.316 e. The number of nitro benzene ring substituents is 1. The van der Waals surface area contributed by atoms with Crippen molar-refractivity contribution < 1.29 is 9.72 Å². The summed E-state index contributed by atoms with van der Waals surface area (Å²) in [4.78, 5) is 28.8. The summed E-state index contributed by atoms with van der Waals surface area (Å²) in [5.41, 5.74) is 1.99. The molecule has 0 N–H and O–H groups in total. The molecule has 0 radical (unpaired) electrons. The van der Waals surface area contributed by atoms with Gasteiger partial charge < -0.3 is 4.57 Å². The number of nitrogens with zero attached hydrogens (tertiary/aromatic N) is 3. The molecule has 0 aliphatic rings. The Kier molecular flexibility index (Phi) is 6.12. The first-order chi connectivity index (χ1) is 13.3. The molecule has 1 amide bonds. The molecule has 9 heteroatoms. The molecular formula is C19H15BrClN3O3S. The lowest BCUT2D eigenvalue weighted by molar-refractivity contribution is -0.384. The Balaban J connectivity index is 2.07. The number of benzene rings is 2. The minimum atomic E-state index is -0.560. The van der Waals surface area contributed by atoms with Crippen LogP contribution in [0.1, 0.15) is 22.2 Å². The lowest BCUT2D eigenvalue weighted by Gasteiger charge is -2.08. The molecule has 0 fully saturated rings. The highest BCUT2D eigenvalue weighted by atomic mass is 79.9. The van der Waals surface area contributed by atoms with E-state index in [4.69, 9.17) is 11.6 Å². The van der Waals surface area contributed by atoms with Crippen LogP contribution >= 0.6 is 38.9 Å². The molecule has 6 nitrogen and oxygen atoms in total. The number of carbonyl (C=O) groups excluding carboxylic acids is 1. The number of aromatic nitrogens is 1. The fourth-order valence-electron chi connectivity index (χ4n) is 2.81. The third-order valence-corrected chi connectivity index (χ3v) is 5.94. The molecule has 0 unspecified atom stereocenters. The fourth-order valence-corrected chi connectivity index (χ4v) is 4.39. The number of rotatable bonds is 4. The van der Waals surface area contributed by atoms with Crippen molar-refractivity contribution in [3.63, 3.8) is 0 Å². The number of hydrogen-bond donors (Lipinski definition) is 0. The van der Waals surface area contributed by atoms with E-state index in [2.05, 4.69) is 20.9 Å². The average molecular weight is 481 g/mol. The maximum absolute atomic E-state index is 12.7. The number of hydrogen-bond acceptors (Lipinski definition) is 4. The fraction of sp³-hybridized carbons (Fsp3) is 0.158. The number of non-ortho nitro benzene ring substituents is 1. The van der Waals surface area contributed by atoms with E-state index in [1.54, 1.807) is 0 Å². The monoisotopic (exact) mass is 479 g/mol. The van der Waals surface area contributed by atoms with Gasteiger partial charge in [0.15, 0.2) is 4.80 Å². The summed E-state index contributed by atoms with van der Waals surface area (Å²) in [6.45, 7) is 4.60. The highest BCUT2D eigenvalue weighted by Gasteiger charge is 2.16. The van der Waals surface area contributed by atoms with Crippen LogP contribution in [-0.2, 0) is 6.54 Å². The Labute approximate surface area is 178 Å². The Morgan fingerprint density at radius 3 is 2.54 bits per heavy atom. The molecule has 1 aromatic heterocycles. The Hall–Kier alpha value is -2.29. The normalized spacial score (nSPS) is 11.6. The van der Waals surface area contributed by atoms with Crippen LogP contribution in [0.3, 0.4) is 0 Å². The van der Waals surface area contributed by atoms with Crippen molar-refractivity contribution in [2.75, 3.05) is 0 Å². The predicted molar refractivity (Wildman–Crippen MR) is 114 cm³/mol. The molecule has 0 spiro atoms. The van der Waals surface area contributed by atoms with Crippen LogP contribution in [0.2, 0.25) is 5.02 Å². The lowest BCUT2D eigenvalue weighted by Crippen LogP contribution is -2.17. The van der Waals surface area contributed by atoms with Crippen molar-refractivity contribution >= 4 is 50.5 Å². The maximum Gasteiger partial charge on any atom is 0.281 e. The van der Waals surface area contributed by atoms with Gasteiger partial charge in [0.05, 0.1) is 21.2 Å². The summed E-state index contributed by atoms with van der Waals surface area (Å²) in [6.07, 6.45) is 0. The highest BCUT2D eigenvalue weighted by molar-refractivity contribution is 9.10. The summed E-state index contributed by atoms with van der Waals surface area (Å²) in [5.74, 6) is -0.536. The van der Waals surface area contributed by atoms with Gasteiger partial charge >= 0.3 is 0 Å². The van der Waals surface area contributed by atoms with Crippen molar-refractivity contribution in [3.8, 4) is 11.3 Å². The molecule has 1 heterocycles. The topological polar surface area (TPSA) is 77.5 Å². The largest absolute Gasteiger partial charge is 0.316 e. The number of halogens is 2. The second-order valence-electron chi connectivity index (χ2n) is 5.88. The van der Waals surface area contributed by atoms with Gasteiger partial charge in [0.25, 0.3) is 11.6 Å². The Morgan fingerprint density at radius 2 is 1.96 bits per heavy atom. The molecule has 3 rings (SSSR count). The number of carbonyl (C=O) groups is 1. The van der Waals surface area contributed by atoms with Crippen LogP contribution in [0, 0.1) is 17.0 Å². The molecule has 3 aromatic rings. The van der Waals surface area contributed by atoms with Crippen molar-refractivity contribution in [3.05, 3.63) is 77.3 Å². The molecular weight excluding hydrogens is 466 g/mol. The van der Waals surface area contributed by atoms with Gasteiger partial charge in [-0.05, 0) is 37.6 Å². The molecule has 0 atom stereocenters. The number of aryl methyl sites for hydroxylation is 1. The summed E-state index contributed by atoms with van der Waals surface area (Å²) >= 11 is 10.9. The number of amides is 1. The van der Waals surface area contributed by atoms with Gasteiger partial charge in [0.1, 0.15) is 0 Å². The standard InChI is InChI=1S/C19H15BrClN3O3S/c1-3-23-17(12-4-6-13(20)7-5-12)11(2)28-19(23)22-18(25)15-9-8-14(24(26)27)10-16(15)21/h4-10H,3H2,1-2H3. The second-order valence-corrected chi connectivity index (χ2v) is 8.38. The van der Waals surface area contributed by atoms with E-state index >= 15 is 0 Å². The summed E-state index contributed by atoms with van der Waals surface area (Å²) in [6, 6.07) is 11.7. The number of nitro groups is 1. The van der Waals surface area contributed by atoms with Crippen LogP contribution in [-0.4, -0.2) is 15.4 Å². The van der Waals surface area contributed by atoms with Crippen molar-refractivity contribution in [1.29, 1.82) is 0 Å². The SMILES string of the molecule is CCn1c(-c2ccc(Br)cc2)c(C)sc1=NC(=O)c1ccc([N+](=O)[O-])cc1Cl. The van der Waals surface area contributed by atoms with Gasteiger partial charge in [-0.25, -0.2) is 0 Å². The van der Waals surface area contributed by atoms with Gasteiger partial charge in [-0.2, -0.15) is 4.99 Å².